The van der Waals surface area contributed by atoms with Crippen LogP contribution in [0.1, 0.15) is 43.0 Å². The topological polar surface area (TPSA) is 113 Å². The molecule has 0 aliphatic carbocycles. The zero-order valence-electron chi connectivity index (χ0n) is 16.7. The molecule has 1 heterocycles. The quantitative estimate of drug-likeness (QED) is 0.289. The van der Waals surface area contributed by atoms with E-state index in [1.807, 2.05) is 12.1 Å². The summed E-state index contributed by atoms with van der Waals surface area (Å²) in [5.74, 6) is 0. The smallest absolute Gasteiger partial charge is 0.394 e. The van der Waals surface area contributed by atoms with Crippen LogP contribution in [0.4, 0.5) is 0 Å². The first-order valence-corrected chi connectivity index (χ1v) is 12.0. The summed E-state index contributed by atoms with van der Waals surface area (Å²) in [6.45, 7) is 1.36. The van der Waals surface area contributed by atoms with Crippen LogP contribution in [-0.4, -0.2) is 33.6 Å². The van der Waals surface area contributed by atoms with E-state index in [4.69, 9.17) is 15.5 Å². The van der Waals surface area contributed by atoms with Crippen molar-refractivity contribution in [2.45, 2.75) is 44.6 Å². The summed E-state index contributed by atoms with van der Waals surface area (Å²) in [5, 5.41) is 9.48. The zero-order chi connectivity index (χ0) is 21.3. The van der Waals surface area contributed by atoms with Gasteiger partial charge < -0.3 is 20.6 Å². The van der Waals surface area contributed by atoms with E-state index in [1.165, 1.54) is 22.6 Å². The van der Waals surface area contributed by atoms with Crippen LogP contribution in [0, 0.1) is 0 Å². The lowest BCUT2D eigenvalue weighted by molar-refractivity contribution is 0.102. The van der Waals surface area contributed by atoms with Crippen molar-refractivity contribution in [3.63, 3.8) is 0 Å². The molecule has 1 aromatic carbocycles. The fourth-order valence-corrected chi connectivity index (χ4v) is 4.13. The second-order valence-corrected chi connectivity index (χ2v) is 9.58. The van der Waals surface area contributed by atoms with Crippen LogP contribution in [0.5, 0.6) is 0 Å². The number of phosphoric ester groups is 1. The number of aliphatic hydroxyl groups is 1. The number of unbranched alkanes of at least 4 members (excludes halogenated alkanes) is 2. The van der Waals surface area contributed by atoms with Crippen LogP contribution in [-0.2, 0) is 15.5 Å². The van der Waals surface area contributed by atoms with Crippen LogP contribution < -0.4 is 5.73 Å². The van der Waals surface area contributed by atoms with Crippen molar-refractivity contribution in [2.24, 2.45) is 5.73 Å². The van der Waals surface area contributed by atoms with Crippen molar-refractivity contribution in [1.29, 1.82) is 0 Å². The molecule has 0 saturated heterocycles. The Bertz CT molecular complexity index is 830. The molecule has 1 aromatic heterocycles. The highest BCUT2D eigenvalue weighted by Crippen LogP contribution is 2.37. The molecule has 1 unspecified atom stereocenters. The van der Waals surface area contributed by atoms with E-state index in [-0.39, 0.29) is 0 Å². The summed E-state index contributed by atoms with van der Waals surface area (Å²) in [4.78, 5) is 20.1. The van der Waals surface area contributed by atoms with Gasteiger partial charge in [0.1, 0.15) is 0 Å². The van der Waals surface area contributed by atoms with Crippen LogP contribution in [0.15, 0.2) is 42.5 Å². The maximum Gasteiger partial charge on any atom is 0.469 e. The Hall–Kier alpha value is -1.31. The maximum absolute atomic E-state index is 10.9. The largest absolute Gasteiger partial charge is 0.469 e. The number of hydrogen-bond donors (Lipinski definition) is 4. The number of phosphoric acid groups is 1. The van der Waals surface area contributed by atoms with Crippen molar-refractivity contribution >= 4 is 25.2 Å². The monoisotopic (exact) mass is 439 g/mol. The van der Waals surface area contributed by atoms with Crippen LogP contribution in [0.25, 0.3) is 16.5 Å². The molecule has 160 valence electrons. The van der Waals surface area contributed by atoms with Crippen molar-refractivity contribution in [3.8, 4) is 10.4 Å². The average molecular weight is 440 g/mol. The van der Waals surface area contributed by atoms with Gasteiger partial charge in [0.15, 0.2) is 0 Å². The van der Waals surface area contributed by atoms with Gasteiger partial charge in [-0.15, -0.1) is 11.3 Å². The van der Waals surface area contributed by atoms with Crippen LogP contribution in [0.2, 0.25) is 0 Å². The summed E-state index contributed by atoms with van der Waals surface area (Å²) >= 11 is 1.75. The molecule has 2 rings (SSSR count). The number of rotatable bonds is 12. The molecular formula is C21H30NO5PS. The highest BCUT2D eigenvalue weighted by atomic mass is 32.1. The highest BCUT2D eigenvalue weighted by Gasteiger charge is 2.28. The molecule has 0 saturated carbocycles. The first-order chi connectivity index (χ1) is 13.7. The number of allylic oxidation sites excluding steroid dienone is 1. The molecule has 6 nitrogen and oxygen atoms in total. The number of aliphatic hydroxyl groups excluding tert-OH is 1. The third kappa shape index (κ3) is 8.52. The highest BCUT2D eigenvalue weighted by molar-refractivity contribution is 7.46. The Kier molecular flexibility index (Phi) is 9.24. The Morgan fingerprint density at radius 3 is 2.55 bits per heavy atom. The third-order valence-corrected chi connectivity index (χ3v) is 6.18. The molecule has 0 aliphatic rings. The fraction of sp³-hybridized carbons (Fsp3) is 0.429. The molecule has 0 bridgehead atoms. The summed E-state index contributed by atoms with van der Waals surface area (Å²) in [6, 6.07) is 12.4. The van der Waals surface area contributed by atoms with E-state index >= 15 is 0 Å². The SMILES string of the molecule is CCCC/C=C/c1ccc(-c2ccc(CCC(N)(CO)COP(=O)(O)O)cc2)s1. The molecule has 29 heavy (non-hydrogen) atoms. The van der Waals surface area contributed by atoms with Gasteiger partial charge in [0.25, 0.3) is 0 Å². The maximum atomic E-state index is 10.9. The molecule has 5 N–H and O–H groups in total. The van der Waals surface area contributed by atoms with Crippen molar-refractivity contribution in [3.05, 3.63) is 52.9 Å². The van der Waals surface area contributed by atoms with E-state index in [9.17, 15) is 9.67 Å². The average Bonchev–Trinajstić information content (AvgIpc) is 3.17. The molecule has 8 heteroatoms. The first-order valence-electron chi connectivity index (χ1n) is 9.70. The van der Waals surface area contributed by atoms with Gasteiger partial charge in [0.2, 0.25) is 0 Å². The summed E-state index contributed by atoms with van der Waals surface area (Å²) in [7, 11) is -4.62. The van der Waals surface area contributed by atoms with E-state index in [2.05, 4.69) is 47.9 Å². The Balaban J connectivity index is 1.94. The van der Waals surface area contributed by atoms with Crippen molar-refractivity contribution in [2.75, 3.05) is 13.2 Å². The Labute approximate surface area is 176 Å². The zero-order valence-corrected chi connectivity index (χ0v) is 18.4. The third-order valence-electron chi connectivity index (χ3n) is 4.62. The molecule has 0 amide bonds. The second kappa shape index (κ2) is 11.2. The van der Waals surface area contributed by atoms with Gasteiger partial charge in [-0.25, -0.2) is 4.57 Å². The number of thiophene rings is 1. The Morgan fingerprint density at radius 2 is 1.93 bits per heavy atom. The molecule has 2 aromatic rings. The van der Waals surface area contributed by atoms with Gasteiger partial charge in [-0.3, -0.25) is 4.52 Å². The molecule has 0 aliphatic heterocycles. The lowest BCUT2D eigenvalue weighted by Gasteiger charge is -2.27. The van der Waals surface area contributed by atoms with E-state index in [0.29, 0.717) is 12.8 Å². The lowest BCUT2D eigenvalue weighted by atomic mass is 9.93. The number of aryl methyl sites for hydroxylation is 1. The lowest BCUT2D eigenvalue weighted by Crippen LogP contribution is -2.48. The van der Waals surface area contributed by atoms with Gasteiger partial charge in [-0.2, -0.15) is 0 Å². The van der Waals surface area contributed by atoms with E-state index in [0.717, 1.165) is 17.5 Å². The second-order valence-electron chi connectivity index (χ2n) is 7.23. The first kappa shape index (κ1) is 24.0. The predicted molar refractivity (Wildman–Crippen MR) is 119 cm³/mol. The minimum atomic E-state index is -4.62. The number of hydrogen-bond acceptors (Lipinski definition) is 5. The fourth-order valence-electron chi connectivity index (χ4n) is 2.76. The number of benzene rings is 1. The summed E-state index contributed by atoms with van der Waals surface area (Å²) in [6.07, 6.45) is 8.82. The minimum Gasteiger partial charge on any atom is -0.394 e. The van der Waals surface area contributed by atoms with Crippen LogP contribution in [0.3, 0.4) is 0 Å². The standard InChI is InChI=1S/C21H30NO5PS/c1-2-3-4-5-6-19-11-12-20(29-19)18-9-7-17(8-10-18)13-14-21(22,15-23)16-27-28(24,25)26/h5-12,23H,2-4,13-16,22H2,1H3,(H2,24,25,26)/b6-5+. The van der Waals surface area contributed by atoms with Gasteiger partial charge >= 0.3 is 7.82 Å². The molecular weight excluding hydrogens is 409 g/mol. The number of nitrogens with two attached hydrogens (primary N) is 1. The van der Waals surface area contributed by atoms with Gasteiger partial charge in [0, 0.05) is 9.75 Å². The normalized spacial score (nSPS) is 14.4. The van der Waals surface area contributed by atoms with E-state index < -0.39 is 26.6 Å². The Morgan fingerprint density at radius 1 is 1.21 bits per heavy atom. The van der Waals surface area contributed by atoms with Gasteiger partial charge in [0.05, 0.1) is 18.8 Å². The molecule has 0 spiro atoms. The minimum absolute atomic E-state index is 0.342. The molecule has 0 fully saturated rings. The van der Waals surface area contributed by atoms with Gasteiger partial charge in [-0.05, 0) is 48.6 Å². The molecule has 0 radical (unpaired) electrons. The van der Waals surface area contributed by atoms with E-state index in [1.54, 1.807) is 11.3 Å². The van der Waals surface area contributed by atoms with Crippen molar-refractivity contribution < 1.29 is 24.0 Å². The van der Waals surface area contributed by atoms with Gasteiger partial charge in [-0.1, -0.05) is 50.1 Å². The summed E-state index contributed by atoms with van der Waals surface area (Å²) in [5.41, 5.74) is 6.98. The summed E-state index contributed by atoms with van der Waals surface area (Å²) < 4.78 is 15.3. The van der Waals surface area contributed by atoms with Crippen LogP contribution >= 0.6 is 19.2 Å². The molecule has 1 atom stereocenters. The predicted octanol–water partition coefficient (Wildman–Crippen LogP) is 4.35. The van der Waals surface area contributed by atoms with Crippen molar-refractivity contribution in [1.82, 2.24) is 0 Å².